The smallest absolute Gasteiger partial charge is 0.325 e. The van der Waals surface area contributed by atoms with Crippen molar-refractivity contribution in [3.63, 3.8) is 0 Å². The molecule has 0 aromatic rings. The predicted octanol–water partition coefficient (Wildman–Crippen LogP) is 1.34. The molecule has 0 bridgehead atoms. The summed E-state index contributed by atoms with van der Waals surface area (Å²) in [7, 11) is 3.60. The van der Waals surface area contributed by atoms with E-state index in [4.69, 9.17) is 4.74 Å². The van der Waals surface area contributed by atoms with Crippen LogP contribution in [0.4, 0.5) is 0 Å². The molecule has 5 nitrogen and oxygen atoms in total. The normalized spacial score (nSPS) is 18.9. The number of nitrogens with zero attached hydrogens (tertiary/aromatic N) is 2. The summed E-state index contributed by atoms with van der Waals surface area (Å²) in [5, 5.41) is 3.34. The number of esters is 1. The maximum Gasteiger partial charge on any atom is 0.325 e. The van der Waals surface area contributed by atoms with Gasteiger partial charge in [-0.15, -0.1) is 0 Å². The molecule has 1 atom stereocenters. The molecule has 0 saturated carbocycles. The average molecular weight is 299 g/mol. The fraction of sp³-hybridized carbons (Fsp3) is 0.938. The lowest BCUT2D eigenvalue weighted by atomic mass is 9.97. The lowest BCUT2D eigenvalue weighted by Crippen LogP contribution is -2.52. The quantitative estimate of drug-likeness (QED) is 0.617. The molecule has 1 aliphatic heterocycles. The van der Waals surface area contributed by atoms with Gasteiger partial charge in [0.1, 0.15) is 5.54 Å². The van der Waals surface area contributed by atoms with Gasteiger partial charge in [-0.3, -0.25) is 4.79 Å². The molecule has 0 aromatic carbocycles. The van der Waals surface area contributed by atoms with Crippen LogP contribution in [-0.2, 0) is 9.53 Å². The number of hydrogen-bond acceptors (Lipinski definition) is 5. The number of methoxy groups -OCH3 is 1. The highest BCUT2D eigenvalue weighted by molar-refractivity contribution is 5.80. The summed E-state index contributed by atoms with van der Waals surface area (Å²) in [6, 6.07) is 0. The van der Waals surface area contributed by atoms with E-state index in [-0.39, 0.29) is 5.97 Å². The second-order valence-corrected chi connectivity index (χ2v) is 6.35. The molecule has 1 fully saturated rings. The van der Waals surface area contributed by atoms with Gasteiger partial charge in [0.05, 0.1) is 7.11 Å². The molecule has 1 rings (SSSR count). The first-order valence-corrected chi connectivity index (χ1v) is 8.26. The highest BCUT2D eigenvalue weighted by Crippen LogP contribution is 2.13. The minimum absolute atomic E-state index is 0.163. The van der Waals surface area contributed by atoms with Gasteiger partial charge in [0.15, 0.2) is 0 Å². The van der Waals surface area contributed by atoms with Crippen LogP contribution in [0.1, 0.15) is 39.5 Å². The van der Waals surface area contributed by atoms with Crippen LogP contribution >= 0.6 is 0 Å². The van der Waals surface area contributed by atoms with E-state index in [1.54, 1.807) is 0 Å². The summed E-state index contributed by atoms with van der Waals surface area (Å²) < 4.78 is 4.96. The van der Waals surface area contributed by atoms with E-state index in [1.165, 1.54) is 33.0 Å². The SMILES string of the molecule is CCCNC(C)(CCN(C)CCN1CCCC1)C(=O)OC. The monoisotopic (exact) mass is 299 g/mol. The molecule has 21 heavy (non-hydrogen) atoms. The summed E-state index contributed by atoms with van der Waals surface area (Å²) in [5.74, 6) is -0.163. The highest BCUT2D eigenvalue weighted by atomic mass is 16.5. The Bertz CT molecular complexity index is 306. The molecule has 1 heterocycles. The van der Waals surface area contributed by atoms with E-state index < -0.39 is 5.54 Å². The van der Waals surface area contributed by atoms with E-state index >= 15 is 0 Å². The Balaban J connectivity index is 2.34. The van der Waals surface area contributed by atoms with Gasteiger partial charge in [-0.2, -0.15) is 0 Å². The molecule has 0 aliphatic carbocycles. The molecule has 1 aliphatic rings. The molecular formula is C16H33N3O2. The van der Waals surface area contributed by atoms with Gasteiger partial charge in [-0.25, -0.2) is 0 Å². The van der Waals surface area contributed by atoms with Crippen molar-refractivity contribution in [3.05, 3.63) is 0 Å². The van der Waals surface area contributed by atoms with Gasteiger partial charge >= 0.3 is 5.97 Å². The van der Waals surface area contributed by atoms with Crippen LogP contribution in [0.3, 0.4) is 0 Å². The summed E-state index contributed by atoms with van der Waals surface area (Å²) in [6.07, 6.45) is 4.46. The third-order valence-electron chi connectivity index (χ3n) is 4.39. The molecule has 1 N–H and O–H groups in total. The Morgan fingerprint density at radius 2 is 2.00 bits per heavy atom. The lowest BCUT2D eigenvalue weighted by molar-refractivity contribution is -0.148. The van der Waals surface area contributed by atoms with Crippen molar-refractivity contribution in [1.82, 2.24) is 15.1 Å². The van der Waals surface area contributed by atoms with Crippen LogP contribution in [-0.4, -0.2) is 74.7 Å². The third kappa shape index (κ3) is 6.32. The van der Waals surface area contributed by atoms with Crippen LogP contribution in [0.5, 0.6) is 0 Å². The van der Waals surface area contributed by atoms with Crippen molar-refractivity contribution < 1.29 is 9.53 Å². The topological polar surface area (TPSA) is 44.8 Å². The molecule has 5 heteroatoms. The van der Waals surface area contributed by atoms with Crippen molar-refractivity contribution in [2.45, 2.75) is 45.1 Å². The maximum absolute atomic E-state index is 12.0. The number of ether oxygens (including phenoxy) is 1. The maximum atomic E-state index is 12.0. The second-order valence-electron chi connectivity index (χ2n) is 6.35. The van der Waals surface area contributed by atoms with Gasteiger partial charge in [-0.1, -0.05) is 6.92 Å². The number of nitrogens with one attached hydrogen (secondary N) is 1. The number of carbonyl (C=O) groups is 1. The zero-order chi connectivity index (χ0) is 15.7. The minimum atomic E-state index is -0.577. The van der Waals surface area contributed by atoms with Crippen LogP contribution in [0.2, 0.25) is 0 Å². The van der Waals surface area contributed by atoms with Gasteiger partial charge in [0, 0.05) is 19.6 Å². The van der Waals surface area contributed by atoms with Crippen molar-refractivity contribution in [2.24, 2.45) is 0 Å². The van der Waals surface area contributed by atoms with Crippen LogP contribution in [0, 0.1) is 0 Å². The van der Waals surface area contributed by atoms with E-state index in [9.17, 15) is 4.79 Å². The van der Waals surface area contributed by atoms with Crippen LogP contribution in [0.25, 0.3) is 0 Å². The van der Waals surface area contributed by atoms with Crippen LogP contribution in [0.15, 0.2) is 0 Å². The fourth-order valence-corrected chi connectivity index (χ4v) is 2.73. The summed E-state index contributed by atoms with van der Waals surface area (Å²) >= 11 is 0. The summed E-state index contributed by atoms with van der Waals surface area (Å²) in [5.41, 5.74) is -0.577. The van der Waals surface area contributed by atoms with E-state index in [0.29, 0.717) is 0 Å². The Morgan fingerprint density at radius 1 is 1.33 bits per heavy atom. The largest absolute Gasteiger partial charge is 0.468 e. The first-order valence-electron chi connectivity index (χ1n) is 8.26. The van der Waals surface area contributed by atoms with Gasteiger partial charge < -0.3 is 19.9 Å². The fourth-order valence-electron chi connectivity index (χ4n) is 2.73. The number of likely N-dealkylation sites (tertiary alicyclic amines) is 1. The lowest BCUT2D eigenvalue weighted by Gasteiger charge is -2.30. The van der Waals surface area contributed by atoms with Crippen molar-refractivity contribution >= 4 is 5.97 Å². The van der Waals surface area contributed by atoms with Gasteiger partial charge in [-0.05, 0) is 59.3 Å². The zero-order valence-corrected chi connectivity index (χ0v) is 14.3. The first kappa shape index (κ1) is 18.4. The molecule has 1 unspecified atom stereocenters. The van der Waals surface area contributed by atoms with E-state index in [1.807, 2.05) is 6.92 Å². The summed E-state index contributed by atoms with van der Waals surface area (Å²) in [4.78, 5) is 16.8. The molecule has 0 spiro atoms. The van der Waals surface area contributed by atoms with Crippen LogP contribution < -0.4 is 5.32 Å². The predicted molar refractivity (Wildman–Crippen MR) is 86.5 cm³/mol. The molecule has 0 radical (unpaired) electrons. The molecule has 124 valence electrons. The van der Waals surface area contributed by atoms with E-state index in [0.717, 1.165) is 39.0 Å². The molecule has 1 saturated heterocycles. The van der Waals surface area contributed by atoms with Gasteiger partial charge in [0.25, 0.3) is 0 Å². The Hall–Kier alpha value is -0.650. The summed E-state index contributed by atoms with van der Waals surface area (Å²) in [6.45, 7) is 10.5. The zero-order valence-electron chi connectivity index (χ0n) is 14.3. The second kappa shape index (κ2) is 9.38. The Labute approximate surface area is 130 Å². The third-order valence-corrected chi connectivity index (χ3v) is 4.39. The van der Waals surface area contributed by atoms with Gasteiger partial charge in [0.2, 0.25) is 0 Å². The molecule has 0 amide bonds. The van der Waals surface area contributed by atoms with Crippen molar-refractivity contribution in [1.29, 1.82) is 0 Å². The van der Waals surface area contributed by atoms with Crippen molar-refractivity contribution in [2.75, 3.05) is 53.4 Å². The first-order chi connectivity index (χ1) is 10.0. The number of rotatable bonds is 10. The Morgan fingerprint density at radius 3 is 2.57 bits per heavy atom. The molecular weight excluding hydrogens is 266 g/mol. The highest BCUT2D eigenvalue weighted by Gasteiger charge is 2.33. The Kier molecular flexibility index (Phi) is 8.22. The number of hydrogen-bond donors (Lipinski definition) is 1. The number of likely N-dealkylation sites (N-methyl/N-ethyl adjacent to an activating group) is 1. The van der Waals surface area contributed by atoms with Crippen molar-refractivity contribution in [3.8, 4) is 0 Å². The average Bonchev–Trinajstić information content (AvgIpc) is 3.01. The number of carbonyl (C=O) groups excluding carboxylic acids is 1. The van der Waals surface area contributed by atoms with E-state index in [2.05, 4.69) is 29.1 Å². The molecule has 0 aromatic heterocycles. The standard InChI is InChI=1S/C16H33N3O2/c1-5-9-17-16(2,15(20)21-4)8-12-18(3)13-14-19-10-6-7-11-19/h17H,5-14H2,1-4H3. The minimum Gasteiger partial charge on any atom is -0.468 e.